The van der Waals surface area contributed by atoms with Crippen LogP contribution in [0.15, 0.2) is 47.4 Å². The summed E-state index contributed by atoms with van der Waals surface area (Å²) in [5, 5.41) is 0.555. The van der Waals surface area contributed by atoms with E-state index in [4.69, 9.17) is 16.3 Å². The van der Waals surface area contributed by atoms with Gasteiger partial charge in [-0.1, -0.05) is 23.7 Å². The summed E-state index contributed by atoms with van der Waals surface area (Å²) in [4.78, 5) is 13.7. The third kappa shape index (κ3) is 4.52. The lowest BCUT2D eigenvalue weighted by atomic mass is 10.1. The van der Waals surface area contributed by atoms with E-state index in [2.05, 4.69) is 0 Å². The van der Waals surface area contributed by atoms with Crippen LogP contribution < -0.4 is 0 Å². The van der Waals surface area contributed by atoms with Crippen molar-refractivity contribution in [2.75, 3.05) is 33.4 Å². The molecule has 150 valence electrons. The van der Waals surface area contributed by atoms with Crippen LogP contribution in [0, 0.1) is 5.82 Å². The van der Waals surface area contributed by atoms with Crippen LogP contribution in [-0.4, -0.2) is 56.9 Å². The van der Waals surface area contributed by atoms with E-state index in [9.17, 15) is 17.6 Å². The summed E-state index contributed by atoms with van der Waals surface area (Å²) in [6, 6.07) is 10.5. The Morgan fingerprint density at radius 1 is 1.21 bits per heavy atom. The van der Waals surface area contributed by atoms with Crippen molar-refractivity contribution in [1.29, 1.82) is 0 Å². The smallest absolute Gasteiger partial charge is 0.253 e. The Balaban J connectivity index is 1.84. The van der Waals surface area contributed by atoms with Gasteiger partial charge in [-0.15, -0.1) is 0 Å². The maximum absolute atomic E-state index is 14.3. The molecule has 6 nitrogen and oxygen atoms in total. The first-order valence-corrected chi connectivity index (χ1v) is 10.5. The summed E-state index contributed by atoms with van der Waals surface area (Å²) in [6.07, 6.45) is 0. The van der Waals surface area contributed by atoms with E-state index in [0.29, 0.717) is 5.02 Å². The second kappa shape index (κ2) is 8.57. The molecule has 3 rings (SSSR count). The molecule has 1 aliphatic heterocycles. The van der Waals surface area contributed by atoms with Gasteiger partial charge in [0.25, 0.3) is 5.91 Å². The molecule has 1 heterocycles. The van der Waals surface area contributed by atoms with Crippen molar-refractivity contribution in [2.24, 2.45) is 0 Å². The summed E-state index contributed by atoms with van der Waals surface area (Å²) in [7, 11) is -2.46. The highest BCUT2D eigenvalue weighted by Crippen LogP contribution is 2.23. The van der Waals surface area contributed by atoms with Gasteiger partial charge in [0.1, 0.15) is 10.7 Å². The van der Waals surface area contributed by atoms with Crippen LogP contribution in [0.2, 0.25) is 5.02 Å². The first-order valence-electron chi connectivity index (χ1n) is 8.66. The minimum Gasteiger partial charge on any atom is -0.379 e. The highest BCUT2D eigenvalue weighted by Gasteiger charge is 2.30. The van der Waals surface area contributed by atoms with Gasteiger partial charge in [0, 0.05) is 37.3 Å². The van der Waals surface area contributed by atoms with Crippen molar-refractivity contribution in [3.05, 3.63) is 64.4 Å². The van der Waals surface area contributed by atoms with E-state index in [-0.39, 0.29) is 38.4 Å². The molecule has 0 aromatic heterocycles. The molecular weight excluding hydrogens is 407 g/mol. The highest BCUT2D eigenvalue weighted by molar-refractivity contribution is 7.89. The fraction of sp³-hybridized carbons (Fsp3) is 0.316. The summed E-state index contributed by atoms with van der Waals surface area (Å²) < 4.78 is 46.2. The quantitative estimate of drug-likeness (QED) is 0.737. The van der Waals surface area contributed by atoms with Gasteiger partial charge in [-0.05, 0) is 35.9 Å². The van der Waals surface area contributed by atoms with Crippen LogP contribution in [0.4, 0.5) is 4.39 Å². The SMILES string of the molecule is CN(Cc1cccc(Cl)c1)C(=O)c1ccc(F)c(S(=O)(=O)N2CCOCC2)c1. The van der Waals surface area contributed by atoms with E-state index in [1.165, 1.54) is 15.3 Å². The Labute approximate surface area is 168 Å². The molecule has 0 bridgehead atoms. The average molecular weight is 427 g/mol. The van der Waals surface area contributed by atoms with Crippen molar-refractivity contribution in [1.82, 2.24) is 9.21 Å². The lowest BCUT2D eigenvalue weighted by Crippen LogP contribution is -2.41. The van der Waals surface area contributed by atoms with Gasteiger partial charge in [0.05, 0.1) is 13.2 Å². The third-order valence-corrected chi connectivity index (χ3v) is 6.57. The van der Waals surface area contributed by atoms with Gasteiger partial charge in [-0.25, -0.2) is 12.8 Å². The predicted molar refractivity (Wildman–Crippen MR) is 103 cm³/mol. The van der Waals surface area contributed by atoms with Crippen molar-refractivity contribution < 1.29 is 22.3 Å². The zero-order valence-corrected chi connectivity index (χ0v) is 16.8. The maximum atomic E-state index is 14.3. The van der Waals surface area contributed by atoms with Gasteiger partial charge in [-0.3, -0.25) is 4.79 Å². The van der Waals surface area contributed by atoms with Crippen molar-refractivity contribution >= 4 is 27.5 Å². The molecule has 2 aromatic carbocycles. The van der Waals surface area contributed by atoms with Crippen LogP contribution >= 0.6 is 11.6 Å². The number of rotatable bonds is 5. The topological polar surface area (TPSA) is 66.9 Å². The number of benzene rings is 2. The first kappa shape index (κ1) is 20.7. The molecule has 28 heavy (non-hydrogen) atoms. The van der Waals surface area contributed by atoms with Crippen molar-refractivity contribution in [2.45, 2.75) is 11.4 Å². The van der Waals surface area contributed by atoms with Gasteiger partial charge >= 0.3 is 0 Å². The second-order valence-electron chi connectivity index (χ2n) is 6.45. The maximum Gasteiger partial charge on any atom is 0.253 e. The zero-order valence-electron chi connectivity index (χ0n) is 15.3. The minimum absolute atomic E-state index is 0.0952. The number of sulfonamides is 1. The molecule has 2 aromatic rings. The predicted octanol–water partition coefficient (Wildman–Crippen LogP) is 2.77. The molecular formula is C19H20ClFN2O4S. The number of carbonyl (C=O) groups excluding carboxylic acids is 1. The number of ether oxygens (including phenoxy) is 1. The van der Waals surface area contributed by atoms with E-state index in [1.807, 2.05) is 6.07 Å². The van der Waals surface area contributed by atoms with Crippen LogP contribution in [0.5, 0.6) is 0 Å². The second-order valence-corrected chi connectivity index (χ2v) is 8.80. The molecule has 9 heteroatoms. The molecule has 1 aliphatic rings. The van der Waals surface area contributed by atoms with E-state index in [0.717, 1.165) is 17.7 Å². The molecule has 0 saturated carbocycles. The van der Waals surface area contributed by atoms with E-state index < -0.39 is 26.6 Å². The Kier molecular flexibility index (Phi) is 6.34. The molecule has 0 unspecified atom stereocenters. The zero-order chi connectivity index (χ0) is 20.3. The summed E-state index contributed by atoms with van der Waals surface area (Å²) >= 11 is 5.96. The lowest BCUT2D eigenvalue weighted by molar-refractivity contribution is 0.0729. The number of carbonyl (C=O) groups is 1. The van der Waals surface area contributed by atoms with Gasteiger partial charge in [0.15, 0.2) is 0 Å². The number of nitrogens with zero attached hydrogens (tertiary/aromatic N) is 2. The van der Waals surface area contributed by atoms with Crippen LogP contribution in [0.25, 0.3) is 0 Å². The molecule has 0 radical (unpaired) electrons. The number of amides is 1. The summed E-state index contributed by atoms with van der Waals surface area (Å²) in [5.74, 6) is -1.31. The minimum atomic E-state index is -4.05. The highest BCUT2D eigenvalue weighted by atomic mass is 35.5. The molecule has 1 amide bonds. The molecule has 0 aliphatic carbocycles. The van der Waals surface area contributed by atoms with E-state index in [1.54, 1.807) is 25.2 Å². The van der Waals surface area contributed by atoms with Crippen LogP contribution in [0.3, 0.4) is 0 Å². The fourth-order valence-electron chi connectivity index (χ4n) is 2.96. The third-order valence-electron chi connectivity index (χ3n) is 4.42. The van der Waals surface area contributed by atoms with Gasteiger partial charge in [0.2, 0.25) is 10.0 Å². The molecule has 0 spiro atoms. The normalized spacial score (nSPS) is 15.4. The molecule has 0 N–H and O–H groups in total. The standard InChI is InChI=1S/C19H20ClFN2O4S/c1-22(13-14-3-2-4-16(20)11-14)19(24)15-5-6-17(21)18(12-15)28(25,26)23-7-9-27-10-8-23/h2-6,11-12H,7-10,13H2,1H3. The Hall–Kier alpha value is -2.00. The monoisotopic (exact) mass is 426 g/mol. The van der Waals surface area contributed by atoms with Gasteiger partial charge in [-0.2, -0.15) is 4.31 Å². The summed E-state index contributed by atoms with van der Waals surface area (Å²) in [5.41, 5.74) is 0.921. The van der Waals surface area contributed by atoms with Crippen molar-refractivity contribution in [3.8, 4) is 0 Å². The number of hydrogen-bond donors (Lipinski definition) is 0. The molecule has 0 atom stereocenters. The van der Waals surface area contributed by atoms with Gasteiger partial charge < -0.3 is 9.64 Å². The Morgan fingerprint density at radius 3 is 2.61 bits per heavy atom. The van der Waals surface area contributed by atoms with Crippen molar-refractivity contribution in [3.63, 3.8) is 0 Å². The number of hydrogen-bond acceptors (Lipinski definition) is 4. The first-order chi connectivity index (χ1) is 13.3. The average Bonchev–Trinajstić information content (AvgIpc) is 2.68. The fourth-order valence-corrected chi connectivity index (χ4v) is 4.67. The Bertz CT molecular complexity index is 978. The van der Waals surface area contributed by atoms with Crippen LogP contribution in [-0.2, 0) is 21.3 Å². The summed E-state index contributed by atoms with van der Waals surface area (Å²) in [6.45, 7) is 1.08. The largest absolute Gasteiger partial charge is 0.379 e. The van der Waals surface area contributed by atoms with E-state index >= 15 is 0 Å². The lowest BCUT2D eigenvalue weighted by Gasteiger charge is -2.26. The number of morpholine rings is 1. The molecule has 1 saturated heterocycles. The Morgan fingerprint density at radius 2 is 1.93 bits per heavy atom. The van der Waals surface area contributed by atoms with Crippen LogP contribution in [0.1, 0.15) is 15.9 Å². The molecule has 1 fully saturated rings. The number of halogens is 2.